The number of anilines is 2. The van der Waals surface area contributed by atoms with Crippen LogP contribution in [0.25, 0.3) is 16.7 Å². The molecule has 0 amide bonds. The summed E-state index contributed by atoms with van der Waals surface area (Å²) in [5, 5.41) is 27.2. The van der Waals surface area contributed by atoms with Gasteiger partial charge in [0, 0.05) is 65.9 Å². The predicted octanol–water partition coefficient (Wildman–Crippen LogP) is 2.87. The molecule has 37 heavy (non-hydrogen) atoms. The van der Waals surface area contributed by atoms with E-state index in [9.17, 15) is 28.2 Å². The number of hydrogen-bond acceptors (Lipinski definition) is 8. The molecule has 194 valence electrons. The maximum atomic E-state index is 13.0. The maximum Gasteiger partial charge on any atom is 0.454 e. The number of benzene rings is 1. The minimum absolute atomic E-state index is 0.0361. The van der Waals surface area contributed by atoms with Gasteiger partial charge in [0.1, 0.15) is 0 Å². The van der Waals surface area contributed by atoms with Crippen molar-refractivity contribution in [3.8, 4) is 5.82 Å². The highest BCUT2D eigenvalue weighted by atomic mass is 19.4. The number of H-pyrrole nitrogens is 1. The Bertz CT molecular complexity index is 1450. The second-order valence-corrected chi connectivity index (χ2v) is 8.99. The molecule has 2 unspecified atom stereocenters. The fourth-order valence-corrected chi connectivity index (χ4v) is 4.53. The smallest absolute Gasteiger partial charge is 0.395 e. The quantitative estimate of drug-likeness (QED) is 0.276. The van der Waals surface area contributed by atoms with E-state index in [2.05, 4.69) is 25.4 Å². The standard InChI is InChI=1S/C24H24F3N7O3/c1-13-14(9-33-11-17(36)7-16(33)12-35)10-34(32-13)21-4-5-28-23(31-21)30-15-2-3-20-18(6-15)19(8-29-20)22(37)24(25,26)27/h2-6,8,10,16-17,29,35-36H,7,9,11-12H2,1H3,(H,28,30,31). The zero-order valence-electron chi connectivity index (χ0n) is 19.7. The van der Waals surface area contributed by atoms with E-state index in [1.165, 1.54) is 12.3 Å². The van der Waals surface area contributed by atoms with Gasteiger partial charge in [-0.25, -0.2) is 9.67 Å². The summed E-state index contributed by atoms with van der Waals surface area (Å²) in [4.78, 5) is 25.1. The minimum Gasteiger partial charge on any atom is -0.395 e. The van der Waals surface area contributed by atoms with Crippen molar-refractivity contribution in [3.05, 3.63) is 59.7 Å². The molecule has 1 saturated heterocycles. The summed E-state index contributed by atoms with van der Waals surface area (Å²) in [6.07, 6.45) is -0.550. The molecule has 0 saturated carbocycles. The summed E-state index contributed by atoms with van der Waals surface area (Å²) in [7, 11) is 0. The van der Waals surface area contributed by atoms with Gasteiger partial charge >= 0.3 is 6.18 Å². The maximum absolute atomic E-state index is 13.0. The van der Waals surface area contributed by atoms with E-state index < -0.39 is 23.6 Å². The van der Waals surface area contributed by atoms with E-state index >= 15 is 0 Å². The van der Waals surface area contributed by atoms with Crippen LogP contribution in [0, 0.1) is 6.92 Å². The van der Waals surface area contributed by atoms with Gasteiger partial charge in [-0.2, -0.15) is 23.3 Å². The highest BCUT2D eigenvalue weighted by molar-refractivity contribution is 6.11. The number of likely N-dealkylation sites (tertiary alicyclic amines) is 1. The zero-order chi connectivity index (χ0) is 26.3. The summed E-state index contributed by atoms with van der Waals surface area (Å²) in [6.45, 7) is 2.81. The molecule has 0 aliphatic carbocycles. The van der Waals surface area contributed by atoms with Crippen molar-refractivity contribution in [2.24, 2.45) is 0 Å². The number of nitrogens with zero attached hydrogens (tertiary/aromatic N) is 5. The van der Waals surface area contributed by atoms with Crippen molar-refractivity contribution in [1.29, 1.82) is 0 Å². The molecule has 4 N–H and O–H groups in total. The van der Waals surface area contributed by atoms with Gasteiger partial charge in [-0.15, -0.1) is 0 Å². The number of ketones is 1. The van der Waals surface area contributed by atoms with Gasteiger partial charge in [0.15, 0.2) is 5.82 Å². The molecule has 13 heteroatoms. The van der Waals surface area contributed by atoms with Crippen LogP contribution < -0.4 is 5.32 Å². The molecule has 3 aromatic heterocycles. The summed E-state index contributed by atoms with van der Waals surface area (Å²) < 4.78 is 40.5. The number of aliphatic hydroxyl groups is 2. The number of aliphatic hydroxyl groups excluding tert-OH is 2. The Hall–Kier alpha value is -3.81. The van der Waals surface area contributed by atoms with Gasteiger partial charge in [-0.3, -0.25) is 9.69 Å². The van der Waals surface area contributed by atoms with E-state index in [0.29, 0.717) is 36.5 Å². The molecule has 2 atom stereocenters. The van der Waals surface area contributed by atoms with E-state index in [1.807, 2.05) is 18.0 Å². The first kappa shape index (κ1) is 24.9. The number of carbonyl (C=O) groups is 1. The largest absolute Gasteiger partial charge is 0.454 e. The number of carbonyl (C=O) groups excluding carboxylic acids is 1. The Balaban J connectivity index is 1.37. The first-order valence-corrected chi connectivity index (χ1v) is 11.5. The molecule has 4 heterocycles. The summed E-state index contributed by atoms with van der Waals surface area (Å²) in [6, 6.07) is 6.17. The fourth-order valence-electron chi connectivity index (χ4n) is 4.53. The van der Waals surface area contributed by atoms with Crippen LogP contribution in [0.1, 0.15) is 28.0 Å². The SMILES string of the molecule is Cc1nn(-c2ccnc(Nc3ccc4[nH]cc(C(=O)C(F)(F)F)c4c3)n2)cc1CN1CC(O)CC1CO. The highest BCUT2D eigenvalue weighted by Gasteiger charge is 2.40. The van der Waals surface area contributed by atoms with Crippen molar-refractivity contribution < 1.29 is 28.2 Å². The highest BCUT2D eigenvalue weighted by Crippen LogP contribution is 2.29. The molecular weight excluding hydrogens is 491 g/mol. The molecule has 0 radical (unpaired) electrons. The van der Waals surface area contributed by atoms with Gasteiger partial charge in [-0.1, -0.05) is 0 Å². The number of aromatic amines is 1. The number of aryl methyl sites for hydroxylation is 1. The number of rotatable bonds is 7. The van der Waals surface area contributed by atoms with Crippen LogP contribution in [0.2, 0.25) is 0 Å². The molecule has 1 aliphatic heterocycles. The van der Waals surface area contributed by atoms with Crippen LogP contribution in [-0.2, 0) is 6.54 Å². The van der Waals surface area contributed by atoms with Gasteiger partial charge in [0.05, 0.1) is 24.0 Å². The van der Waals surface area contributed by atoms with Gasteiger partial charge in [-0.05, 0) is 31.5 Å². The van der Waals surface area contributed by atoms with E-state index in [0.717, 1.165) is 17.5 Å². The Kier molecular flexibility index (Phi) is 6.43. The lowest BCUT2D eigenvalue weighted by Crippen LogP contribution is -2.32. The van der Waals surface area contributed by atoms with Crippen LogP contribution in [0.5, 0.6) is 0 Å². The number of fused-ring (bicyclic) bond motifs is 1. The number of halogens is 3. The molecule has 10 nitrogen and oxygen atoms in total. The van der Waals surface area contributed by atoms with E-state index in [1.54, 1.807) is 22.9 Å². The van der Waals surface area contributed by atoms with Gasteiger partial charge in [0.2, 0.25) is 5.95 Å². The third-order valence-corrected chi connectivity index (χ3v) is 6.41. The van der Waals surface area contributed by atoms with Crippen LogP contribution in [0.4, 0.5) is 24.8 Å². The lowest BCUT2D eigenvalue weighted by Gasteiger charge is -2.21. The van der Waals surface area contributed by atoms with Crippen molar-refractivity contribution in [2.45, 2.75) is 38.2 Å². The van der Waals surface area contributed by atoms with Crippen molar-refractivity contribution in [3.63, 3.8) is 0 Å². The topological polar surface area (TPSA) is 132 Å². The summed E-state index contributed by atoms with van der Waals surface area (Å²) >= 11 is 0. The number of Topliss-reactive ketones (excluding diaryl/α,β-unsaturated/α-hetero) is 1. The van der Waals surface area contributed by atoms with E-state index in [-0.39, 0.29) is 24.0 Å². The van der Waals surface area contributed by atoms with Gasteiger partial charge in [0.25, 0.3) is 5.78 Å². The zero-order valence-corrected chi connectivity index (χ0v) is 19.7. The molecule has 1 aliphatic rings. The molecule has 0 bridgehead atoms. The number of nitrogens with one attached hydrogen (secondary N) is 2. The fraction of sp³-hybridized carbons (Fsp3) is 0.333. The number of hydrogen-bond donors (Lipinski definition) is 4. The van der Waals surface area contributed by atoms with Crippen molar-refractivity contribution >= 4 is 28.3 Å². The predicted molar refractivity (Wildman–Crippen MR) is 128 cm³/mol. The van der Waals surface area contributed by atoms with Crippen LogP contribution in [-0.4, -0.2) is 77.1 Å². The lowest BCUT2D eigenvalue weighted by atomic mass is 10.1. The molecule has 0 spiro atoms. The molecule has 4 aromatic rings. The molecular formula is C24H24F3N7O3. The molecule has 5 rings (SSSR count). The minimum atomic E-state index is -4.98. The first-order valence-electron chi connectivity index (χ1n) is 11.5. The first-order chi connectivity index (χ1) is 17.6. The van der Waals surface area contributed by atoms with Crippen LogP contribution in [0.15, 0.2) is 42.9 Å². The second kappa shape index (κ2) is 9.57. The van der Waals surface area contributed by atoms with Gasteiger partial charge < -0.3 is 20.5 Å². The molecule has 1 aromatic carbocycles. The van der Waals surface area contributed by atoms with Crippen molar-refractivity contribution in [2.75, 3.05) is 18.5 Å². The molecule has 1 fully saturated rings. The Morgan fingerprint density at radius 3 is 2.86 bits per heavy atom. The normalized spacial score (nSPS) is 18.5. The lowest BCUT2D eigenvalue weighted by molar-refractivity contribution is -0.0884. The van der Waals surface area contributed by atoms with Crippen molar-refractivity contribution in [1.82, 2.24) is 29.6 Å². The summed E-state index contributed by atoms with van der Waals surface area (Å²) in [5.74, 6) is -1.27. The number of alkyl halides is 3. The number of aromatic nitrogens is 5. The third-order valence-electron chi connectivity index (χ3n) is 6.41. The number of β-amino-alcohol motifs (C(OH)–C–C–N with tert-alkyl or cyclic N) is 1. The average Bonchev–Trinajstić information content (AvgIpc) is 3.54. The van der Waals surface area contributed by atoms with E-state index in [4.69, 9.17) is 0 Å². The second-order valence-electron chi connectivity index (χ2n) is 8.99. The Morgan fingerprint density at radius 1 is 1.30 bits per heavy atom. The third kappa shape index (κ3) is 5.05. The Labute approximate surface area is 208 Å². The Morgan fingerprint density at radius 2 is 2.11 bits per heavy atom. The summed E-state index contributed by atoms with van der Waals surface area (Å²) in [5.41, 5.74) is 2.02. The van der Waals surface area contributed by atoms with Crippen LogP contribution in [0.3, 0.4) is 0 Å². The average molecular weight is 515 g/mol. The van der Waals surface area contributed by atoms with Crippen LogP contribution >= 0.6 is 0 Å². The monoisotopic (exact) mass is 515 g/mol.